The molecule has 5 rings (SSSR count). The molecule has 0 aromatic heterocycles. The average molecular weight is 663 g/mol. The van der Waals surface area contributed by atoms with Gasteiger partial charge in [-0.25, -0.2) is 21.6 Å². The molecule has 1 aliphatic heterocycles. The van der Waals surface area contributed by atoms with Crippen molar-refractivity contribution in [1.82, 2.24) is 9.80 Å². The molecular weight excluding hydrogens is 625 g/mol. The Morgan fingerprint density at radius 2 is 0.870 bits per heavy atom. The van der Waals surface area contributed by atoms with Gasteiger partial charge in [-0.1, -0.05) is 97.1 Å². The fourth-order valence-corrected chi connectivity index (χ4v) is 8.09. The maximum absolute atomic E-state index is 14.8. The molecule has 1 saturated heterocycles. The van der Waals surface area contributed by atoms with Gasteiger partial charge in [0.05, 0.1) is 21.9 Å². The number of aliphatic hydroxyl groups is 2. The van der Waals surface area contributed by atoms with Gasteiger partial charge in [-0.3, -0.25) is 0 Å². The molecule has 0 aliphatic carbocycles. The van der Waals surface area contributed by atoms with Crippen molar-refractivity contribution in [3.05, 3.63) is 131 Å². The van der Waals surface area contributed by atoms with Gasteiger partial charge in [-0.2, -0.15) is 0 Å². The maximum Gasteiger partial charge on any atom is 0.321 e. The predicted molar refractivity (Wildman–Crippen MR) is 175 cm³/mol. The Balaban J connectivity index is 1.66. The molecule has 242 valence electrons. The van der Waals surface area contributed by atoms with Gasteiger partial charge >= 0.3 is 6.03 Å². The van der Waals surface area contributed by atoms with E-state index in [0.29, 0.717) is 11.1 Å². The summed E-state index contributed by atoms with van der Waals surface area (Å²) in [4.78, 5) is 17.9. The molecule has 11 heteroatoms. The van der Waals surface area contributed by atoms with Crippen molar-refractivity contribution in [2.75, 3.05) is 12.5 Å². The highest BCUT2D eigenvalue weighted by atomic mass is 32.2. The van der Waals surface area contributed by atoms with Crippen LogP contribution in [0.2, 0.25) is 0 Å². The van der Waals surface area contributed by atoms with Crippen molar-refractivity contribution in [3.8, 4) is 0 Å². The average Bonchev–Trinajstić information content (AvgIpc) is 3.09. The van der Waals surface area contributed by atoms with Crippen LogP contribution in [0.1, 0.15) is 22.3 Å². The van der Waals surface area contributed by atoms with Gasteiger partial charge in [0.25, 0.3) is 0 Å². The topological polar surface area (TPSA) is 132 Å². The summed E-state index contributed by atoms with van der Waals surface area (Å²) in [6.45, 7) is 0.153. The second kappa shape index (κ2) is 13.8. The SMILES string of the molecule is CS(=O)(=O)c1ccccc1CC1C(O)C(O)C(Cc2ccccc2S(C)(=O)=O)N(Cc2ccccc2)C(=O)N1Cc1ccccc1. The summed E-state index contributed by atoms with van der Waals surface area (Å²) < 4.78 is 50.9. The van der Waals surface area contributed by atoms with Crippen molar-refractivity contribution < 1.29 is 31.8 Å². The quantitative estimate of drug-likeness (QED) is 0.264. The van der Waals surface area contributed by atoms with Crippen LogP contribution in [0, 0.1) is 0 Å². The highest BCUT2D eigenvalue weighted by molar-refractivity contribution is 7.91. The number of benzene rings is 4. The van der Waals surface area contributed by atoms with Crippen molar-refractivity contribution in [2.24, 2.45) is 0 Å². The lowest BCUT2D eigenvalue weighted by atomic mass is 9.90. The van der Waals surface area contributed by atoms with E-state index >= 15 is 0 Å². The van der Waals surface area contributed by atoms with E-state index in [0.717, 1.165) is 23.6 Å². The zero-order valence-corrected chi connectivity index (χ0v) is 27.3. The molecule has 4 unspecified atom stereocenters. The van der Waals surface area contributed by atoms with Crippen LogP contribution in [-0.4, -0.2) is 79.7 Å². The van der Waals surface area contributed by atoms with E-state index in [1.54, 1.807) is 36.4 Å². The zero-order chi connectivity index (χ0) is 33.1. The first-order valence-corrected chi connectivity index (χ1v) is 18.7. The Labute approximate surface area is 270 Å². The Hall–Kier alpha value is -4.03. The molecule has 0 saturated carbocycles. The molecule has 46 heavy (non-hydrogen) atoms. The molecule has 1 heterocycles. The molecule has 4 aromatic rings. The van der Waals surface area contributed by atoms with Crippen LogP contribution < -0.4 is 0 Å². The smallest absolute Gasteiger partial charge is 0.321 e. The van der Waals surface area contributed by atoms with Crippen LogP contribution >= 0.6 is 0 Å². The normalized spacial score (nSPS) is 20.8. The zero-order valence-electron chi connectivity index (χ0n) is 25.7. The van der Waals surface area contributed by atoms with Crippen LogP contribution in [0.5, 0.6) is 0 Å². The minimum Gasteiger partial charge on any atom is -0.388 e. The molecule has 9 nitrogen and oxygen atoms in total. The number of carbonyl (C=O) groups is 1. The largest absolute Gasteiger partial charge is 0.388 e. The van der Waals surface area contributed by atoms with E-state index in [1.807, 2.05) is 60.7 Å². The summed E-state index contributed by atoms with van der Waals surface area (Å²) in [5.74, 6) is 0. The fraction of sp³-hybridized carbons (Fsp3) is 0.286. The third-order valence-corrected chi connectivity index (χ3v) is 10.8. The van der Waals surface area contributed by atoms with Crippen LogP contribution in [0.3, 0.4) is 0 Å². The van der Waals surface area contributed by atoms with Gasteiger partial charge in [0, 0.05) is 25.6 Å². The number of carbonyl (C=O) groups excluding carboxylic acids is 1. The first kappa shape index (κ1) is 33.3. The number of hydrogen-bond acceptors (Lipinski definition) is 7. The molecule has 2 N–H and O–H groups in total. The van der Waals surface area contributed by atoms with Crippen molar-refractivity contribution >= 4 is 25.7 Å². The van der Waals surface area contributed by atoms with Gasteiger partial charge in [-0.15, -0.1) is 0 Å². The molecule has 4 aromatic carbocycles. The summed E-state index contributed by atoms with van der Waals surface area (Å²) in [6, 6.07) is 28.8. The number of urea groups is 1. The second-order valence-electron chi connectivity index (χ2n) is 11.8. The molecule has 1 aliphatic rings. The molecule has 2 amide bonds. The Morgan fingerprint density at radius 1 is 0.543 bits per heavy atom. The monoisotopic (exact) mass is 662 g/mol. The first-order valence-electron chi connectivity index (χ1n) is 14.9. The maximum atomic E-state index is 14.8. The van der Waals surface area contributed by atoms with E-state index in [1.165, 1.54) is 21.9 Å². The van der Waals surface area contributed by atoms with Crippen LogP contribution in [-0.2, 0) is 45.6 Å². The van der Waals surface area contributed by atoms with Crippen LogP contribution in [0.4, 0.5) is 4.79 Å². The van der Waals surface area contributed by atoms with E-state index in [4.69, 9.17) is 0 Å². The lowest BCUT2D eigenvalue weighted by Gasteiger charge is -2.36. The number of hydrogen-bond donors (Lipinski definition) is 2. The number of aliphatic hydroxyl groups excluding tert-OH is 2. The lowest BCUT2D eigenvalue weighted by molar-refractivity contribution is -0.0410. The van der Waals surface area contributed by atoms with Crippen molar-refractivity contribution in [3.63, 3.8) is 0 Å². The highest BCUT2D eigenvalue weighted by Crippen LogP contribution is 2.32. The molecule has 0 spiro atoms. The molecule has 4 atom stereocenters. The first-order chi connectivity index (χ1) is 21.8. The lowest BCUT2D eigenvalue weighted by Crippen LogP contribution is -2.50. The predicted octanol–water partition coefficient (Wildman–Crippen LogP) is 3.88. The third kappa shape index (κ3) is 7.50. The van der Waals surface area contributed by atoms with Gasteiger partial charge in [0.2, 0.25) is 0 Å². The second-order valence-corrected chi connectivity index (χ2v) is 15.8. The molecule has 0 bridgehead atoms. The van der Waals surface area contributed by atoms with Crippen molar-refractivity contribution in [2.45, 2.75) is 60.0 Å². The number of sulfone groups is 2. The molecule has 1 fully saturated rings. The highest BCUT2D eigenvalue weighted by Gasteiger charge is 2.47. The van der Waals surface area contributed by atoms with Gasteiger partial charge in [-0.05, 0) is 47.2 Å². The molecule has 0 radical (unpaired) electrons. The number of nitrogens with zero attached hydrogens (tertiary/aromatic N) is 2. The minimum atomic E-state index is -3.65. The van der Waals surface area contributed by atoms with Crippen LogP contribution in [0.15, 0.2) is 119 Å². The van der Waals surface area contributed by atoms with Gasteiger partial charge in [0.15, 0.2) is 19.7 Å². The summed E-state index contributed by atoms with van der Waals surface area (Å²) in [5, 5.41) is 23.9. The summed E-state index contributed by atoms with van der Waals surface area (Å²) in [6.07, 6.45) is -0.924. The Morgan fingerprint density at radius 3 is 1.22 bits per heavy atom. The van der Waals surface area contributed by atoms with Gasteiger partial charge in [0.1, 0.15) is 12.2 Å². The summed E-state index contributed by atoms with van der Waals surface area (Å²) in [5.41, 5.74) is 2.36. The van der Waals surface area contributed by atoms with E-state index < -0.39 is 50.0 Å². The number of amides is 2. The van der Waals surface area contributed by atoms with E-state index in [2.05, 4.69) is 0 Å². The van der Waals surface area contributed by atoms with Gasteiger partial charge < -0.3 is 20.0 Å². The fourth-order valence-electron chi connectivity index (χ4n) is 6.18. The summed E-state index contributed by atoms with van der Waals surface area (Å²) in [7, 11) is -7.30. The van der Waals surface area contributed by atoms with E-state index in [9.17, 15) is 31.8 Å². The standard InChI is InChI=1S/C35H38N2O7S2/c1-45(41,42)31-19-11-9-17-27(31)21-29-33(38)34(39)30(22-28-18-10-12-20-32(28)46(2,43)44)37(24-26-15-7-4-8-16-26)35(40)36(29)23-25-13-5-3-6-14-25/h3-20,29-30,33-34,38-39H,21-24H2,1-2H3. The van der Waals surface area contributed by atoms with Crippen molar-refractivity contribution in [1.29, 1.82) is 0 Å². The number of rotatable bonds is 10. The third-order valence-electron chi connectivity index (χ3n) is 8.42. The minimum absolute atomic E-state index is 0.0497. The van der Waals surface area contributed by atoms with Crippen LogP contribution in [0.25, 0.3) is 0 Å². The Bertz CT molecular complexity index is 1750. The Kier molecular flexibility index (Phi) is 9.97. The van der Waals surface area contributed by atoms with E-state index in [-0.39, 0.29) is 35.7 Å². The molecular formula is C35H38N2O7S2. The summed E-state index contributed by atoms with van der Waals surface area (Å²) >= 11 is 0.